The van der Waals surface area contributed by atoms with Crippen molar-refractivity contribution >= 4 is 5.97 Å². The molecule has 1 aromatic rings. The van der Waals surface area contributed by atoms with Crippen molar-refractivity contribution in [2.24, 2.45) is 5.92 Å². The SMILES string of the molecule is COC(=O)C(c1ccccc1)N(C)CC1CCNC1. The van der Waals surface area contributed by atoms with E-state index in [0.717, 1.165) is 25.2 Å². The smallest absolute Gasteiger partial charge is 0.327 e. The van der Waals surface area contributed by atoms with Crippen LogP contribution < -0.4 is 5.32 Å². The van der Waals surface area contributed by atoms with E-state index >= 15 is 0 Å². The van der Waals surface area contributed by atoms with Gasteiger partial charge in [0.25, 0.3) is 0 Å². The highest BCUT2D eigenvalue weighted by atomic mass is 16.5. The maximum absolute atomic E-state index is 12.0. The third-order valence-electron chi connectivity index (χ3n) is 3.69. The fourth-order valence-corrected chi connectivity index (χ4v) is 2.70. The van der Waals surface area contributed by atoms with Crippen molar-refractivity contribution in [1.82, 2.24) is 10.2 Å². The molecule has 104 valence electrons. The van der Waals surface area contributed by atoms with Crippen LogP contribution in [0.3, 0.4) is 0 Å². The van der Waals surface area contributed by atoms with Crippen LogP contribution in [0.5, 0.6) is 0 Å². The predicted molar refractivity (Wildman–Crippen MR) is 74.8 cm³/mol. The zero-order valence-corrected chi connectivity index (χ0v) is 11.6. The maximum Gasteiger partial charge on any atom is 0.327 e. The first-order chi connectivity index (χ1) is 9.22. The summed E-state index contributed by atoms with van der Waals surface area (Å²) in [6, 6.07) is 9.51. The Bertz CT molecular complexity index is 402. The molecule has 0 radical (unpaired) electrons. The van der Waals surface area contributed by atoms with Crippen molar-refractivity contribution in [3.63, 3.8) is 0 Å². The average Bonchev–Trinajstić information content (AvgIpc) is 2.93. The second-order valence-corrected chi connectivity index (χ2v) is 5.13. The Morgan fingerprint density at radius 3 is 2.79 bits per heavy atom. The number of hydrogen-bond acceptors (Lipinski definition) is 4. The molecule has 4 nitrogen and oxygen atoms in total. The molecule has 4 heteroatoms. The molecule has 1 aromatic carbocycles. The van der Waals surface area contributed by atoms with Gasteiger partial charge in [-0.2, -0.15) is 0 Å². The van der Waals surface area contributed by atoms with Gasteiger partial charge in [0.2, 0.25) is 0 Å². The molecule has 1 saturated heterocycles. The molecule has 1 fully saturated rings. The Hall–Kier alpha value is -1.39. The number of nitrogens with zero attached hydrogens (tertiary/aromatic N) is 1. The Morgan fingerprint density at radius 1 is 1.47 bits per heavy atom. The molecule has 0 spiro atoms. The highest BCUT2D eigenvalue weighted by Gasteiger charge is 2.28. The van der Waals surface area contributed by atoms with Crippen molar-refractivity contribution in [3.8, 4) is 0 Å². The summed E-state index contributed by atoms with van der Waals surface area (Å²) < 4.78 is 4.96. The van der Waals surface area contributed by atoms with E-state index in [1.807, 2.05) is 37.4 Å². The summed E-state index contributed by atoms with van der Waals surface area (Å²) in [5.41, 5.74) is 0.989. The number of methoxy groups -OCH3 is 1. The highest BCUT2D eigenvalue weighted by Crippen LogP contribution is 2.23. The molecule has 0 amide bonds. The van der Waals surface area contributed by atoms with E-state index in [1.54, 1.807) is 0 Å². The topological polar surface area (TPSA) is 41.6 Å². The summed E-state index contributed by atoms with van der Waals surface area (Å²) in [7, 11) is 3.44. The Balaban J connectivity index is 2.10. The molecule has 0 aliphatic carbocycles. The number of ether oxygens (including phenoxy) is 1. The first-order valence-electron chi connectivity index (χ1n) is 6.76. The van der Waals surface area contributed by atoms with Gasteiger partial charge in [0.05, 0.1) is 7.11 Å². The summed E-state index contributed by atoms with van der Waals surface area (Å²) in [6.07, 6.45) is 1.17. The van der Waals surface area contributed by atoms with Crippen LogP contribution in [-0.4, -0.2) is 44.7 Å². The highest BCUT2D eigenvalue weighted by molar-refractivity contribution is 5.77. The molecule has 19 heavy (non-hydrogen) atoms. The molecule has 0 bridgehead atoms. The number of likely N-dealkylation sites (N-methyl/N-ethyl adjacent to an activating group) is 1. The molecule has 0 aromatic heterocycles. The molecular weight excluding hydrogens is 240 g/mol. The number of nitrogens with one attached hydrogen (secondary N) is 1. The van der Waals surface area contributed by atoms with Crippen LogP contribution in [0, 0.1) is 5.92 Å². The van der Waals surface area contributed by atoms with Crippen molar-refractivity contribution in [2.45, 2.75) is 12.5 Å². The molecule has 1 N–H and O–H groups in total. The minimum absolute atomic E-state index is 0.195. The monoisotopic (exact) mass is 262 g/mol. The van der Waals surface area contributed by atoms with Crippen LogP contribution in [0.1, 0.15) is 18.0 Å². The molecule has 1 aliphatic rings. The van der Waals surface area contributed by atoms with Gasteiger partial charge in [-0.3, -0.25) is 4.90 Å². The number of rotatable bonds is 5. The predicted octanol–water partition coefficient (Wildman–Crippen LogP) is 1.44. The van der Waals surface area contributed by atoms with E-state index in [0.29, 0.717) is 5.92 Å². The number of carbonyl (C=O) groups excluding carboxylic acids is 1. The van der Waals surface area contributed by atoms with Crippen molar-refractivity contribution in [1.29, 1.82) is 0 Å². The molecule has 0 saturated carbocycles. The quantitative estimate of drug-likeness (QED) is 0.815. The zero-order chi connectivity index (χ0) is 13.7. The first kappa shape index (κ1) is 14.0. The Kier molecular flexibility index (Phi) is 4.93. The normalized spacial score (nSPS) is 20.5. The molecule has 2 unspecified atom stereocenters. The van der Waals surface area contributed by atoms with E-state index in [2.05, 4.69) is 10.2 Å². The number of benzene rings is 1. The molecular formula is C15H22N2O2. The van der Waals surface area contributed by atoms with Crippen LogP contribution in [0.25, 0.3) is 0 Å². The second-order valence-electron chi connectivity index (χ2n) is 5.13. The van der Waals surface area contributed by atoms with Gasteiger partial charge in [0, 0.05) is 6.54 Å². The summed E-state index contributed by atoms with van der Waals surface area (Å²) in [6.45, 7) is 3.02. The van der Waals surface area contributed by atoms with Crippen molar-refractivity contribution < 1.29 is 9.53 Å². The summed E-state index contributed by atoms with van der Waals surface area (Å²) in [5, 5.41) is 3.36. The average molecular weight is 262 g/mol. The van der Waals surface area contributed by atoms with Crippen LogP contribution >= 0.6 is 0 Å². The van der Waals surface area contributed by atoms with Gasteiger partial charge in [0.1, 0.15) is 6.04 Å². The zero-order valence-electron chi connectivity index (χ0n) is 11.6. The lowest BCUT2D eigenvalue weighted by atomic mass is 10.0. The van der Waals surface area contributed by atoms with Gasteiger partial charge in [-0.25, -0.2) is 4.79 Å². The molecule has 1 aliphatic heterocycles. The largest absolute Gasteiger partial charge is 0.468 e. The van der Waals surface area contributed by atoms with E-state index < -0.39 is 0 Å². The van der Waals surface area contributed by atoms with Crippen molar-refractivity contribution in [2.75, 3.05) is 33.8 Å². The van der Waals surface area contributed by atoms with Gasteiger partial charge >= 0.3 is 5.97 Å². The summed E-state index contributed by atoms with van der Waals surface area (Å²) in [5.74, 6) is 0.417. The first-order valence-corrected chi connectivity index (χ1v) is 6.76. The van der Waals surface area contributed by atoms with Crippen LogP contribution in [0.2, 0.25) is 0 Å². The summed E-state index contributed by atoms with van der Waals surface area (Å²) in [4.78, 5) is 14.1. The van der Waals surface area contributed by atoms with Gasteiger partial charge in [-0.1, -0.05) is 30.3 Å². The fourth-order valence-electron chi connectivity index (χ4n) is 2.70. The Labute approximate surface area is 114 Å². The molecule has 1 heterocycles. The van der Waals surface area contributed by atoms with Crippen LogP contribution in [0.15, 0.2) is 30.3 Å². The maximum atomic E-state index is 12.0. The van der Waals surface area contributed by atoms with E-state index in [-0.39, 0.29) is 12.0 Å². The van der Waals surface area contributed by atoms with Gasteiger partial charge in [0.15, 0.2) is 0 Å². The third-order valence-corrected chi connectivity index (χ3v) is 3.69. The fraction of sp³-hybridized carbons (Fsp3) is 0.533. The lowest BCUT2D eigenvalue weighted by Crippen LogP contribution is -2.35. The van der Waals surface area contributed by atoms with Crippen LogP contribution in [-0.2, 0) is 9.53 Å². The molecule has 2 rings (SSSR count). The van der Waals surface area contributed by atoms with E-state index in [4.69, 9.17) is 4.74 Å². The lowest BCUT2D eigenvalue weighted by molar-refractivity contribution is -0.147. The summed E-state index contributed by atoms with van der Waals surface area (Å²) >= 11 is 0. The van der Waals surface area contributed by atoms with E-state index in [1.165, 1.54) is 13.5 Å². The standard InChI is InChI=1S/C15H22N2O2/c1-17(11-12-8-9-16-10-12)14(15(18)19-2)13-6-4-3-5-7-13/h3-7,12,14,16H,8-11H2,1-2H3. The minimum atomic E-state index is -0.313. The van der Waals surface area contributed by atoms with E-state index in [9.17, 15) is 4.79 Å². The van der Waals surface area contributed by atoms with Crippen LogP contribution in [0.4, 0.5) is 0 Å². The lowest BCUT2D eigenvalue weighted by Gasteiger charge is -2.28. The van der Waals surface area contributed by atoms with Crippen molar-refractivity contribution in [3.05, 3.63) is 35.9 Å². The van der Waals surface area contributed by atoms with Gasteiger partial charge in [-0.15, -0.1) is 0 Å². The number of hydrogen-bond donors (Lipinski definition) is 1. The molecule has 2 atom stereocenters. The van der Waals surface area contributed by atoms with Gasteiger partial charge < -0.3 is 10.1 Å². The number of esters is 1. The number of carbonyl (C=O) groups is 1. The second kappa shape index (κ2) is 6.68. The minimum Gasteiger partial charge on any atom is -0.468 e. The van der Waals surface area contributed by atoms with Gasteiger partial charge in [-0.05, 0) is 38.0 Å². The third kappa shape index (κ3) is 3.55. The Morgan fingerprint density at radius 2 is 2.21 bits per heavy atom.